The van der Waals surface area contributed by atoms with Crippen LogP contribution in [0.4, 0.5) is 11.4 Å². The number of amides is 1. The van der Waals surface area contributed by atoms with Crippen molar-refractivity contribution in [3.63, 3.8) is 0 Å². The molecule has 0 fully saturated rings. The van der Waals surface area contributed by atoms with Crippen LogP contribution in [-0.2, 0) is 20.7 Å². The molecule has 0 aliphatic carbocycles. The van der Waals surface area contributed by atoms with Gasteiger partial charge in [0.1, 0.15) is 5.70 Å². The molecule has 8 heteroatoms. The average molecular weight is 520 g/mol. The lowest BCUT2D eigenvalue weighted by atomic mass is 10.1. The second-order valence-corrected chi connectivity index (χ2v) is 8.43. The van der Waals surface area contributed by atoms with Gasteiger partial charge in [-0.1, -0.05) is 78.9 Å². The van der Waals surface area contributed by atoms with Crippen molar-refractivity contribution in [2.75, 3.05) is 0 Å². The predicted octanol–water partition coefficient (Wildman–Crippen LogP) is 6.11. The van der Waals surface area contributed by atoms with Crippen molar-refractivity contribution < 1.29 is 24.2 Å². The van der Waals surface area contributed by atoms with E-state index in [0.29, 0.717) is 28.1 Å². The smallest absolute Gasteiger partial charge is 0.355 e. The van der Waals surface area contributed by atoms with Gasteiger partial charge in [-0.05, 0) is 53.6 Å². The van der Waals surface area contributed by atoms with Gasteiger partial charge >= 0.3 is 11.9 Å². The molecule has 0 saturated heterocycles. The molecule has 0 radical (unpaired) electrons. The Morgan fingerprint density at radius 1 is 0.744 bits per heavy atom. The van der Waals surface area contributed by atoms with Crippen LogP contribution in [0.15, 0.2) is 131 Å². The molecule has 1 atom stereocenters. The first-order valence-electron chi connectivity index (χ1n) is 12.1. The summed E-state index contributed by atoms with van der Waals surface area (Å²) in [7, 11) is 0. The van der Waals surface area contributed by atoms with E-state index in [1.807, 2.05) is 30.3 Å². The molecule has 4 aromatic rings. The Kier molecular flexibility index (Phi) is 9.07. The monoisotopic (exact) mass is 519 g/mol. The van der Waals surface area contributed by atoms with Crippen molar-refractivity contribution >= 4 is 35.3 Å². The van der Waals surface area contributed by atoms with Gasteiger partial charge < -0.3 is 15.2 Å². The number of hydrogen-bond acceptors (Lipinski definition) is 6. The second-order valence-electron chi connectivity index (χ2n) is 8.43. The average Bonchev–Trinajstić information content (AvgIpc) is 2.97. The predicted molar refractivity (Wildman–Crippen MR) is 147 cm³/mol. The summed E-state index contributed by atoms with van der Waals surface area (Å²) < 4.78 is 5.34. The minimum Gasteiger partial charge on any atom is -0.478 e. The van der Waals surface area contributed by atoms with Gasteiger partial charge in [0.25, 0.3) is 5.91 Å². The Labute approximate surface area is 225 Å². The fourth-order valence-corrected chi connectivity index (χ4v) is 3.54. The first kappa shape index (κ1) is 26.7. The second kappa shape index (κ2) is 13.3. The van der Waals surface area contributed by atoms with Crippen molar-refractivity contribution in [3.8, 4) is 0 Å². The molecule has 8 nitrogen and oxygen atoms in total. The molecule has 0 spiro atoms. The molecule has 1 unspecified atom stereocenters. The first-order chi connectivity index (χ1) is 19.0. The molecule has 0 aromatic heterocycles. The number of carboxylic acid groups (broad SMARTS) is 1. The highest BCUT2D eigenvalue weighted by molar-refractivity contribution is 6.03. The van der Waals surface area contributed by atoms with E-state index < -0.39 is 23.9 Å². The molecule has 0 aliphatic heterocycles. The van der Waals surface area contributed by atoms with Gasteiger partial charge in [0, 0.05) is 12.0 Å². The maximum atomic E-state index is 13.1. The Hall–Kier alpha value is -5.37. The highest BCUT2D eigenvalue weighted by Crippen LogP contribution is 2.20. The number of aliphatic carboxylic acids is 1. The van der Waals surface area contributed by atoms with E-state index in [1.165, 1.54) is 6.08 Å². The lowest BCUT2D eigenvalue weighted by Crippen LogP contribution is -2.34. The molecule has 4 aromatic carbocycles. The highest BCUT2D eigenvalue weighted by Gasteiger charge is 2.26. The number of carboxylic acids is 1. The lowest BCUT2D eigenvalue weighted by molar-refractivity contribution is -0.161. The van der Waals surface area contributed by atoms with Crippen LogP contribution in [0.25, 0.3) is 6.08 Å². The minimum atomic E-state index is -1.45. The van der Waals surface area contributed by atoms with Gasteiger partial charge in [-0.3, -0.25) is 4.79 Å². The normalized spacial score (nSPS) is 12.1. The summed E-state index contributed by atoms with van der Waals surface area (Å²) >= 11 is 0. The summed E-state index contributed by atoms with van der Waals surface area (Å²) in [5.41, 5.74) is 2.66. The third-order valence-electron chi connectivity index (χ3n) is 5.53. The number of ether oxygens (including phenoxy) is 1. The molecule has 0 heterocycles. The summed E-state index contributed by atoms with van der Waals surface area (Å²) in [6.07, 6.45) is -0.0521. The number of azo groups is 1. The maximum absolute atomic E-state index is 13.1. The van der Waals surface area contributed by atoms with E-state index >= 15 is 0 Å². The van der Waals surface area contributed by atoms with E-state index in [9.17, 15) is 19.5 Å². The van der Waals surface area contributed by atoms with E-state index in [0.717, 1.165) is 0 Å². The van der Waals surface area contributed by atoms with Crippen LogP contribution in [0.5, 0.6) is 0 Å². The number of hydrogen-bond donors (Lipinski definition) is 2. The fraction of sp³-hybridized carbons (Fsp3) is 0.0645. The third kappa shape index (κ3) is 8.06. The van der Waals surface area contributed by atoms with Crippen molar-refractivity contribution in [1.29, 1.82) is 0 Å². The highest BCUT2D eigenvalue weighted by atomic mass is 16.6. The Balaban J connectivity index is 1.56. The fourth-order valence-electron chi connectivity index (χ4n) is 3.54. The van der Waals surface area contributed by atoms with E-state index in [-0.39, 0.29) is 12.1 Å². The molecule has 4 rings (SSSR count). The van der Waals surface area contributed by atoms with E-state index in [2.05, 4.69) is 15.5 Å². The third-order valence-corrected chi connectivity index (χ3v) is 5.53. The Bertz CT molecular complexity index is 1470. The Morgan fingerprint density at radius 2 is 1.28 bits per heavy atom. The number of nitrogens with one attached hydrogen (secondary N) is 1. The lowest BCUT2D eigenvalue weighted by Gasteiger charge is -2.16. The quantitative estimate of drug-likeness (QED) is 0.149. The molecule has 2 N–H and O–H groups in total. The van der Waals surface area contributed by atoms with Crippen LogP contribution in [0.1, 0.15) is 21.5 Å². The first-order valence-corrected chi connectivity index (χ1v) is 12.1. The minimum absolute atomic E-state index is 0.0249. The number of carbonyl (C=O) groups excluding carboxylic acids is 2. The molecule has 1 amide bonds. The van der Waals surface area contributed by atoms with Gasteiger partial charge in [-0.2, -0.15) is 10.2 Å². The summed E-state index contributed by atoms with van der Waals surface area (Å²) in [6, 6.07) is 33.2. The molecule has 0 aliphatic rings. The molecule has 39 heavy (non-hydrogen) atoms. The molecular weight excluding hydrogens is 494 g/mol. The molecule has 0 saturated carbocycles. The van der Waals surface area contributed by atoms with Crippen LogP contribution in [0.3, 0.4) is 0 Å². The van der Waals surface area contributed by atoms with Gasteiger partial charge in [-0.15, -0.1) is 0 Å². The van der Waals surface area contributed by atoms with Gasteiger partial charge in [0.15, 0.2) is 0 Å². The van der Waals surface area contributed by atoms with Gasteiger partial charge in [-0.25, -0.2) is 9.59 Å². The maximum Gasteiger partial charge on any atom is 0.355 e. The van der Waals surface area contributed by atoms with Crippen LogP contribution in [-0.4, -0.2) is 29.1 Å². The van der Waals surface area contributed by atoms with Crippen molar-refractivity contribution in [1.82, 2.24) is 5.32 Å². The number of rotatable bonds is 10. The number of carbonyl (C=O) groups is 3. The summed E-state index contributed by atoms with van der Waals surface area (Å²) in [4.78, 5) is 37.8. The standard InChI is InChI=1S/C31H25N3O5/c35-29(24-12-6-2-7-13-24)32-27(31(38)39-28(30(36)37)21-22-10-4-1-5-11-22)20-23-16-18-26(19-17-23)34-33-25-14-8-3-9-15-25/h1-20,28H,21H2,(H,32,35)(H,36,37)/b27-20-,34-33+. The summed E-state index contributed by atoms with van der Waals surface area (Å²) in [5, 5.41) is 20.6. The van der Waals surface area contributed by atoms with Crippen molar-refractivity contribution in [2.24, 2.45) is 10.2 Å². The van der Waals surface area contributed by atoms with Crippen LogP contribution in [0, 0.1) is 0 Å². The van der Waals surface area contributed by atoms with Crippen LogP contribution >= 0.6 is 0 Å². The molecule has 0 bridgehead atoms. The Morgan fingerprint density at radius 3 is 1.87 bits per heavy atom. The van der Waals surface area contributed by atoms with Crippen LogP contribution < -0.4 is 5.32 Å². The van der Waals surface area contributed by atoms with Crippen molar-refractivity contribution in [3.05, 3.63) is 138 Å². The summed E-state index contributed by atoms with van der Waals surface area (Å²) in [6.45, 7) is 0. The van der Waals surface area contributed by atoms with Gasteiger partial charge in [0.05, 0.1) is 11.4 Å². The zero-order valence-electron chi connectivity index (χ0n) is 20.8. The van der Waals surface area contributed by atoms with E-state index in [4.69, 9.17) is 4.74 Å². The SMILES string of the molecule is O=C(OC(Cc1ccccc1)C(=O)O)/C(=C/c1ccc(/N=N/c2ccccc2)cc1)NC(=O)c1ccccc1. The van der Waals surface area contributed by atoms with Crippen LogP contribution in [0.2, 0.25) is 0 Å². The zero-order valence-corrected chi connectivity index (χ0v) is 20.8. The van der Waals surface area contributed by atoms with E-state index in [1.54, 1.807) is 84.9 Å². The molecular formula is C31H25N3O5. The summed E-state index contributed by atoms with van der Waals surface area (Å²) in [5.74, 6) is -2.81. The van der Waals surface area contributed by atoms with Gasteiger partial charge in [0.2, 0.25) is 6.10 Å². The molecule has 194 valence electrons. The number of nitrogens with zero attached hydrogens (tertiary/aromatic N) is 2. The largest absolute Gasteiger partial charge is 0.478 e. The van der Waals surface area contributed by atoms with Crippen molar-refractivity contribution in [2.45, 2.75) is 12.5 Å². The zero-order chi connectivity index (χ0) is 27.5. The topological polar surface area (TPSA) is 117 Å². The number of benzene rings is 4. The number of esters is 1.